The fourth-order valence-electron chi connectivity index (χ4n) is 3.71. The summed E-state index contributed by atoms with van der Waals surface area (Å²) in [6.45, 7) is 8.82. The lowest BCUT2D eigenvalue weighted by Gasteiger charge is -2.38. The molecule has 0 unspecified atom stereocenters. The van der Waals surface area contributed by atoms with Gasteiger partial charge in [-0.25, -0.2) is 0 Å². The molecule has 1 fully saturated rings. The number of piperazine rings is 1. The average molecular weight is 411 g/mol. The Morgan fingerprint density at radius 1 is 1.00 bits per heavy atom. The third-order valence-corrected chi connectivity index (χ3v) is 5.63. The zero-order valence-electron chi connectivity index (χ0n) is 17.8. The topological polar surface area (TPSA) is 84.9 Å². The van der Waals surface area contributed by atoms with Crippen LogP contribution in [0.4, 0.5) is 11.4 Å². The molecule has 1 heterocycles. The molecule has 0 bridgehead atoms. The quantitative estimate of drug-likeness (QED) is 0.680. The van der Waals surface area contributed by atoms with Gasteiger partial charge in [-0.2, -0.15) is 0 Å². The Bertz CT molecular complexity index is 870. The summed E-state index contributed by atoms with van der Waals surface area (Å²) in [5, 5.41) is 15.1. The Labute approximate surface area is 177 Å². The number of aromatic hydroxyl groups is 1. The normalized spacial score (nSPS) is 15.5. The number of nitrogens with zero attached hydrogens (tertiary/aromatic N) is 2. The van der Waals surface area contributed by atoms with Crippen LogP contribution in [-0.2, 0) is 9.59 Å². The number of benzene rings is 2. The van der Waals surface area contributed by atoms with E-state index in [2.05, 4.69) is 20.4 Å². The number of amides is 2. The number of rotatable bonds is 6. The molecular formula is C23H30N4O3. The molecule has 1 aliphatic heterocycles. The van der Waals surface area contributed by atoms with E-state index in [1.165, 1.54) is 0 Å². The van der Waals surface area contributed by atoms with E-state index in [1.54, 1.807) is 12.1 Å². The maximum absolute atomic E-state index is 12.5. The summed E-state index contributed by atoms with van der Waals surface area (Å²) in [4.78, 5) is 29.2. The fraction of sp³-hybridized carbons (Fsp3) is 0.391. The van der Waals surface area contributed by atoms with Crippen molar-refractivity contribution in [2.24, 2.45) is 0 Å². The highest BCUT2D eigenvalue weighted by molar-refractivity contribution is 5.96. The first-order chi connectivity index (χ1) is 14.3. The van der Waals surface area contributed by atoms with Gasteiger partial charge in [0.25, 0.3) is 0 Å². The Hall–Kier alpha value is -3.06. The summed E-state index contributed by atoms with van der Waals surface area (Å²) in [7, 11) is 0. The summed E-state index contributed by atoms with van der Waals surface area (Å²) in [6, 6.07) is 12.7. The van der Waals surface area contributed by atoms with E-state index in [0.29, 0.717) is 0 Å². The van der Waals surface area contributed by atoms with Gasteiger partial charge in [0.15, 0.2) is 0 Å². The van der Waals surface area contributed by atoms with Gasteiger partial charge in [-0.3, -0.25) is 14.5 Å². The number of hydrogen-bond acceptors (Lipinski definition) is 5. The number of carbonyl (C=O) groups excluding carboxylic acids is 2. The zero-order valence-corrected chi connectivity index (χ0v) is 17.8. The first-order valence-corrected chi connectivity index (χ1v) is 10.3. The molecule has 7 heteroatoms. The molecule has 0 spiro atoms. The van der Waals surface area contributed by atoms with Crippen LogP contribution in [0.3, 0.4) is 0 Å². The minimum atomic E-state index is -0.306. The molecule has 0 radical (unpaired) electrons. The van der Waals surface area contributed by atoms with Crippen LogP contribution >= 0.6 is 0 Å². The second kappa shape index (κ2) is 9.63. The van der Waals surface area contributed by atoms with Crippen LogP contribution in [0.1, 0.15) is 18.1 Å². The van der Waals surface area contributed by atoms with Crippen LogP contribution in [0.25, 0.3) is 0 Å². The minimum Gasteiger partial charge on any atom is -0.508 e. The number of hydrogen-bond donors (Lipinski definition) is 3. The second-order valence-electron chi connectivity index (χ2n) is 7.75. The molecule has 1 atom stereocenters. The van der Waals surface area contributed by atoms with E-state index in [0.717, 1.165) is 48.7 Å². The Morgan fingerprint density at radius 2 is 1.60 bits per heavy atom. The molecule has 7 nitrogen and oxygen atoms in total. The third-order valence-electron chi connectivity index (χ3n) is 5.63. The van der Waals surface area contributed by atoms with Gasteiger partial charge >= 0.3 is 0 Å². The number of nitrogens with one attached hydrogen (secondary N) is 2. The lowest BCUT2D eigenvalue weighted by Crippen LogP contribution is -2.54. The molecule has 160 valence electrons. The van der Waals surface area contributed by atoms with Crippen LogP contribution in [0.5, 0.6) is 5.75 Å². The molecule has 1 saturated heterocycles. The highest BCUT2D eigenvalue weighted by atomic mass is 16.3. The minimum absolute atomic E-state index is 0.0512. The van der Waals surface area contributed by atoms with Crippen LogP contribution in [0.2, 0.25) is 0 Å². The SMILES string of the molecule is Cc1cccc(C)c1NC(=O)CNC(=O)[C@@H](C)N1CCN(c2ccc(O)cc2)CC1. The molecular weight excluding hydrogens is 380 g/mol. The van der Waals surface area contributed by atoms with Crippen molar-refractivity contribution in [3.63, 3.8) is 0 Å². The summed E-state index contributed by atoms with van der Waals surface area (Å²) < 4.78 is 0. The second-order valence-corrected chi connectivity index (χ2v) is 7.75. The van der Waals surface area contributed by atoms with E-state index in [1.807, 2.05) is 51.1 Å². The van der Waals surface area contributed by atoms with Crippen molar-refractivity contribution in [1.82, 2.24) is 10.2 Å². The van der Waals surface area contributed by atoms with Gasteiger partial charge in [0.2, 0.25) is 11.8 Å². The Kier molecular flexibility index (Phi) is 6.95. The van der Waals surface area contributed by atoms with Gasteiger partial charge in [0.1, 0.15) is 5.75 Å². The lowest BCUT2D eigenvalue weighted by atomic mass is 10.1. The molecule has 30 heavy (non-hydrogen) atoms. The summed E-state index contributed by atoms with van der Waals surface area (Å²) in [6.07, 6.45) is 0. The zero-order chi connectivity index (χ0) is 21.7. The van der Waals surface area contributed by atoms with E-state index in [9.17, 15) is 14.7 Å². The third kappa shape index (κ3) is 5.30. The Morgan fingerprint density at radius 3 is 2.20 bits per heavy atom. The molecule has 2 aromatic rings. The van der Waals surface area contributed by atoms with Crippen molar-refractivity contribution in [3.8, 4) is 5.75 Å². The smallest absolute Gasteiger partial charge is 0.243 e. The first kappa shape index (κ1) is 21.6. The largest absolute Gasteiger partial charge is 0.508 e. The van der Waals surface area contributed by atoms with Crippen molar-refractivity contribution >= 4 is 23.2 Å². The van der Waals surface area contributed by atoms with Crippen LogP contribution in [0, 0.1) is 13.8 Å². The molecule has 3 N–H and O–H groups in total. The summed E-state index contributed by atoms with van der Waals surface area (Å²) >= 11 is 0. The molecule has 3 rings (SSSR count). The number of phenols is 1. The monoisotopic (exact) mass is 410 g/mol. The van der Waals surface area contributed by atoms with E-state index in [-0.39, 0.29) is 30.2 Å². The van der Waals surface area contributed by atoms with Crippen LogP contribution in [-0.4, -0.2) is 60.6 Å². The predicted molar refractivity (Wildman–Crippen MR) is 119 cm³/mol. The van der Waals surface area contributed by atoms with Crippen molar-refractivity contribution < 1.29 is 14.7 Å². The highest BCUT2D eigenvalue weighted by Crippen LogP contribution is 2.21. The van der Waals surface area contributed by atoms with Crippen LogP contribution < -0.4 is 15.5 Å². The highest BCUT2D eigenvalue weighted by Gasteiger charge is 2.26. The predicted octanol–water partition coefficient (Wildman–Crippen LogP) is 2.27. The van der Waals surface area contributed by atoms with E-state index >= 15 is 0 Å². The molecule has 2 amide bonds. The van der Waals surface area contributed by atoms with Gasteiger partial charge in [-0.05, 0) is 56.2 Å². The van der Waals surface area contributed by atoms with Crippen molar-refractivity contribution in [1.29, 1.82) is 0 Å². The van der Waals surface area contributed by atoms with Gasteiger partial charge in [0, 0.05) is 37.6 Å². The maximum atomic E-state index is 12.5. The van der Waals surface area contributed by atoms with Crippen molar-refractivity contribution in [2.45, 2.75) is 26.8 Å². The van der Waals surface area contributed by atoms with Crippen molar-refractivity contribution in [3.05, 3.63) is 53.6 Å². The van der Waals surface area contributed by atoms with Gasteiger partial charge in [-0.1, -0.05) is 18.2 Å². The molecule has 1 aliphatic rings. The number of para-hydroxylation sites is 1. The summed E-state index contributed by atoms with van der Waals surface area (Å²) in [5.41, 5.74) is 3.85. The number of carbonyl (C=O) groups is 2. The van der Waals surface area contributed by atoms with E-state index in [4.69, 9.17) is 0 Å². The molecule has 0 aliphatic carbocycles. The average Bonchev–Trinajstić information content (AvgIpc) is 2.75. The standard InChI is InChI=1S/C23H30N4O3/c1-16-5-4-6-17(2)22(16)25-21(29)15-24-23(30)18(3)26-11-13-27(14-12-26)19-7-9-20(28)10-8-19/h4-10,18,28H,11-15H2,1-3H3,(H,24,30)(H,25,29)/t18-/m1/s1. The number of phenolic OH excluding ortho intramolecular Hbond substituents is 1. The van der Waals surface area contributed by atoms with Gasteiger partial charge < -0.3 is 20.6 Å². The molecule has 0 aromatic heterocycles. The number of anilines is 2. The summed E-state index contributed by atoms with van der Waals surface area (Å²) in [5.74, 6) is -0.126. The van der Waals surface area contributed by atoms with Crippen molar-refractivity contribution in [2.75, 3.05) is 42.9 Å². The molecule has 0 saturated carbocycles. The fourth-order valence-corrected chi connectivity index (χ4v) is 3.71. The van der Waals surface area contributed by atoms with Crippen LogP contribution in [0.15, 0.2) is 42.5 Å². The van der Waals surface area contributed by atoms with E-state index < -0.39 is 0 Å². The lowest BCUT2D eigenvalue weighted by molar-refractivity contribution is -0.128. The number of aryl methyl sites for hydroxylation is 2. The first-order valence-electron chi connectivity index (χ1n) is 10.3. The van der Waals surface area contributed by atoms with Gasteiger partial charge in [-0.15, -0.1) is 0 Å². The maximum Gasteiger partial charge on any atom is 0.243 e. The molecule has 2 aromatic carbocycles. The van der Waals surface area contributed by atoms with Gasteiger partial charge in [0.05, 0.1) is 12.6 Å². The Balaban J connectivity index is 1.45.